The van der Waals surface area contributed by atoms with Gasteiger partial charge in [-0.15, -0.1) is 13.2 Å². The van der Waals surface area contributed by atoms with Gasteiger partial charge in [-0.2, -0.15) is 0 Å². The molecule has 0 aromatic heterocycles. The van der Waals surface area contributed by atoms with Gasteiger partial charge in [0.25, 0.3) is 0 Å². The predicted molar refractivity (Wildman–Crippen MR) is 240 cm³/mol. The number of hydrogen-bond acceptors (Lipinski definition) is 1. The van der Waals surface area contributed by atoms with E-state index in [0.717, 1.165) is 105 Å². The minimum absolute atomic E-state index is 0.178. The van der Waals surface area contributed by atoms with Crippen molar-refractivity contribution < 1.29 is 31.1 Å². The molecule has 0 bridgehead atoms. The molecule has 298 valence electrons. The maximum Gasteiger partial charge on any atom is 0.573 e. The standard InChI is InChI=1S/C55H30F6O/c56-51-29-36(30-52(57)54(51)58)35-26-47(46-24-33-9-1-3-11-39(33)42-13-5-7-15-44(42)46)48-28-37-23-32(31-17-20-38(21-18-31)62-55(59,60)61)19-22-41(37)53(50(48)27-35)49-25-34-10-2-4-12-40(34)43-14-6-8-16-45(43)49/h1-30H. The van der Waals surface area contributed by atoms with Crippen LogP contribution >= 0.6 is 0 Å². The van der Waals surface area contributed by atoms with Gasteiger partial charge < -0.3 is 4.74 Å². The Labute approximate surface area is 350 Å². The fourth-order valence-corrected chi connectivity index (χ4v) is 9.19. The summed E-state index contributed by atoms with van der Waals surface area (Å²) in [4.78, 5) is 0. The maximum atomic E-state index is 15.1. The number of ether oxygens (including phenoxy) is 1. The van der Waals surface area contributed by atoms with Crippen LogP contribution in [-0.4, -0.2) is 6.36 Å². The molecule has 0 saturated carbocycles. The molecule has 11 rings (SSSR count). The van der Waals surface area contributed by atoms with Crippen molar-refractivity contribution in [1.82, 2.24) is 0 Å². The van der Waals surface area contributed by atoms with Crippen molar-refractivity contribution >= 4 is 64.6 Å². The molecule has 7 heteroatoms. The third-order valence-corrected chi connectivity index (χ3v) is 11.9. The molecular weight excluding hydrogens is 791 g/mol. The Kier molecular flexibility index (Phi) is 8.58. The van der Waals surface area contributed by atoms with Crippen LogP contribution in [0.15, 0.2) is 182 Å². The summed E-state index contributed by atoms with van der Waals surface area (Å²) < 4.78 is 88.1. The summed E-state index contributed by atoms with van der Waals surface area (Å²) >= 11 is 0. The number of rotatable bonds is 5. The number of hydrogen-bond donors (Lipinski definition) is 0. The lowest BCUT2D eigenvalue weighted by molar-refractivity contribution is -0.274. The molecule has 0 aliphatic carbocycles. The second-order valence-electron chi connectivity index (χ2n) is 15.5. The van der Waals surface area contributed by atoms with Crippen molar-refractivity contribution in [3.05, 3.63) is 199 Å². The van der Waals surface area contributed by atoms with Crippen molar-refractivity contribution in [3.8, 4) is 50.3 Å². The van der Waals surface area contributed by atoms with Gasteiger partial charge in [0.1, 0.15) is 5.75 Å². The minimum Gasteiger partial charge on any atom is -0.406 e. The number of alkyl halides is 3. The summed E-state index contributed by atoms with van der Waals surface area (Å²) in [5.41, 5.74) is 5.61. The first-order valence-electron chi connectivity index (χ1n) is 20.0. The van der Waals surface area contributed by atoms with Gasteiger partial charge in [-0.05, 0) is 170 Å². The van der Waals surface area contributed by atoms with Gasteiger partial charge in [-0.3, -0.25) is 0 Å². The largest absolute Gasteiger partial charge is 0.573 e. The highest BCUT2D eigenvalue weighted by Gasteiger charge is 2.31. The molecule has 0 atom stereocenters. The van der Waals surface area contributed by atoms with Crippen molar-refractivity contribution in [1.29, 1.82) is 0 Å². The Hall–Kier alpha value is -7.64. The topological polar surface area (TPSA) is 9.23 Å². The van der Waals surface area contributed by atoms with Crippen LogP contribution in [0.5, 0.6) is 5.75 Å². The minimum atomic E-state index is -4.82. The first-order chi connectivity index (χ1) is 30.1. The van der Waals surface area contributed by atoms with Crippen LogP contribution in [0, 0.1) is 17.5 Å². The average molecular weight is 821 g/mol. The first-order valence-corrected chi connectivity index (χ1v) is 20.0. The lowest BCUT2D eigenvalue weighted by Crippen LogP contribution is -2.16. The predicted octanol–water partition coefficient (Wildman–Crippen LogP) is 16.6. The summed E-state index contributed by atoms with van der Waals surface area (Å²) in [6.07, 6.45) is -4.82. The van der Waals surface area contributed by atoms with E-state index in [9.17, 15) is 17.6 Å². The van der Waals surface area contributed by atoms with E-state index >= 15 is 8.78 Å². The van der Waals surface area contributed by atoms with Crippen LogP contribution in [0.1, 0.15) is 0 Å². The number of halogens is 6. The fraction of sp³-hybridized carbons (Fsp3) is 0.0182. The highest BCUT2D eigenvalue weighted by molar-refractivity contribution is 6.25. The van der Waals surface area contributed by atoms with Crippen molar-refractivity contribution in [2.45, 2.75) is 6.36 Å². The molecule has 0 amide bonds. The van der Waals surface area contributed by atoms with E-state index in [1.165, 1.54) is 12.1 Å². The highest BCUT2D eigenvalue weighted by atomic mass is 19.4. The quantitative estimate of drug-likeness (QED) is 0.0727. The number of benzene rings is 11. The van der Waals surface area contributed by atoms with Crippen LogP contribution in [0.4, 0.5) is 26.3 Å². The van der Waals surface area contributed by atoms with Gasteiger partial charge in [0.05, 0.1) is 0 Å². The molecule has 0 saturated heterocycles. The third-order valence-electron chi connectivity index (χ3n) is 11.9. The van der Waals surface area contributed by atoms with Crippen molar-refractivity contribution in [2.75, 3.05) is 0 Å². The Morgan fingerprint density at radius 2 is 0.823 bits per heavy atom. The molecule has 0 heterocycles. The third kappa shape index (κ3) is 6.28. The van der Waals surface area contributed by atoms with E-state index < -0.39 is 23.8 Å². The van der Waals surface area contributed by atoms with E-state index in [-0.39, 0.29) is 11.3 Å². The van der Waals surface area contributed by atoms with E-state index in [1.54, 1.807) is 12.1 Å². The van der Waals surface area contributed by atoms with Crippen LogP contribution in [0.2, 0.25) is 0 Å². The van der Waals surface area contributed by atoms with Crippen LogP contribution in [0.3, 0.4) is 0 Å². The van der Waals surface area contributed by atoms with Gasteiger partial charge in [-0.25, -0.2) is 13.2 Å². The zero-order valence-electron chi connectivity index (χ0n) is 32.5. The van der Waals surface area contributed by atoms with Gasteiger partial charge in [-0.1, -0.05) is 121 Å². The summed E-state index contributed by atoms with van der Waals surface area (Å²) in [5.74, 6) is -4.43. The smallest absolute Gasteiger partial charge is 0.406 e. The molecule has 0 spiro atoms. The molecule has 0 aliphatic rings. The van der Waals surface area contributed by atoms with Gasteiger partial charge in [0.2, 0.25) is 0 Å². The number of fused-ring (bicyclic) bond motifs is 8. The summed E-state index contributed by atoms with van der Waals surface area (Å²) in [5, 5.41) is 11.6. The molecule has 0 unspecified atom stereocenters. The molecular formula is C55H30F6O. The van der Waals surface area contributed by atoms with Crippen molar-refractivity contribution in [2.24, 2.45) is 0 Å². The Morgan fingerprint density at radius 1 is 0.323 bits per heavy atom. The molecule has 0 aliphatic heterocycles. The molecule has 11 aromatic rings. The normalized spacial score (nSPS) is 12.0. The van der Waals surface area contributed by atoms with Crippen molar-refractivity contribution in [3.63, 3.8) is 0 Å². The monoisotopic (exact) mass is 820 g/mol. The molecule has 11 aromatic carbocycles. The van der Waals surface area contributed by atoms with E-state index in [0.29, 0.717) is 11.1 Å². The first kappa shape index (κ1) is 37.4. The zero-order valence-corrected chi connectivity index (χ0v) is 32.5. The second kappa shape index (κ2) is 14.2. The van der Waals surface area contributed by atoms with Crippen LogP contribution < -0.4 is 4.74 Å². The zero-order chi connectivity index (χ0) is 42.3. The molecule has 62 heavy (non-hydrogen) atoms. The molecule has 0 N–H and O–H groups in total. The van der Waals surface area contributed by atoms with E-state index in [1.807, 2.05) is 78.9 Å². The van der Waals surface area contributed by atoms with Crippen LogP contribution in [-0.2, 0) is 0 Å². The molecule has 0 radical (unpaired) electrons. The second-order valence-corrected chi connectivity index (χ2v) is 15.5. The summed E-state index contributed by atoms with van der Waals surface area (Å²) in [7, 11) is 0. The Morgan fingerprint density at radius 3 is 1.44 bits per heavy atom. The maximum absolute atomic E-state index is 15.1. The Balaban J connectivity index is 1.30. The van der Waals surface area contributed by atoms with E-state index in [2.05, 4.69) is 71.5 Å². The summed E-state index contributed by atoms with van der Waals surface area (Å²) in [6, 6.07) is 56.7. The molecule has 0 fully saturated rings. The molecule has 1 nitrogen and oxygen atoms in total. The van der Waals surface area contributed by atoms with E-state index in [4.69, 9.17) is 0 Å². The van der Waals surface area contributed by atoms with Gasteiger partial charge in [0, 0.05) is 0 Å². The lowest BCUT2D eigenvalue weighted by atomic mass is 9.82. The Bertz CT molecular complexity index is 3610. The SMILES string of the molecule is Fc1cc(-c2cc(-c3cc4ccccc4c4ccccc34)c3cc4cc(-c5ccc(OC(F)(F)F)cc5)ccc4c(-c4cc5ccccc5c5ccccc45)c3c2)cc(F)c1F. The lowest BCUT2D eigenvalue weighted by Gasteiger charge is -2.21. The van der Waals surface area contributed by atoms with Gasteiger partial charge in [0.15, 0.2) is 17.5 Å². The van der Waals surface area contributed by atoms with Gasteiger partial charge >= 0.3 is 6.36 Å². The highest BCUT2D eigenvalue weighted by Crippen LogP contribution is 2.48. The average Bonchev–Trinajstić information content (AvgIpc) is 3.28. The fourth-order valence-electron chi connectivity index (χ4n) is 9.19. The summed E-state index contributed by atoms with van der Waals surface area (Å²) in [6.45, 7) is 0. The van der Waals surface area contributed by atoms with Crippen LogP contribution in [0.25, 0.3) is 109 Å².